The molecule has 0 saturated heterocycles. The molecule has 0 aliphatic carbocycles. The predicted molar refractivity (Wildman–Crippen MR) is 65.7 cm³/mol. The van der Waals surface area contributed by atoms with E-state index in [0.29, 0.717) is 0 Å². The fourth-order valence-corrected chi connectivity index (χ4v) is 2.39. The molecule has 0 saturated carbocycles. The Hall–Kier alpha value is -1.39. The first kappa shape index (κ1) is 11.1. The van der Waals surface area contributed by atoms with Crippen molar-refractivity contribution in [3.8, 4) is 5.75 Å². The fraction of sp³-hybridized carbons (Fsp3) is 0.250. The fourth-order valence-electron chi connectivity index (χ4n) is 1.62. The first-order chi connectivity index (χ1) is 7.81. The molecule has 16 heavy (non-hydrogen) atoms. The van der Waals surface area contributed by atoms with Crippen molar-refractivity contribution in [2.75, 3.05) is 7.11 Å². The average Bonchev–Trinajstić information content (AvgIpc) is 2.81. The molecule has 2 aromatic rings. The summed E-state index contributed by atoms with van der Waals surface area (Å²) in [7, 11) is 1.64. The van der Waals surface area contributed by atoms with Crippen molar-refractivity contribution in [3.63, 3.8) is 0 Å². The monoisotopic (exact) mass is 234 g/mol. The normalized spacial score (nSPS) is 12.4. The van der Waals surface area contributed by atoms with Crippen LogP contribution in [0.3, 0.4) is 0 Å². The Morgan fingerprint density at radius 2 is 2.38 bits per heavy atom. The number of thiophene rings is 1. The van der Waals surface area contributed by atoms with Gasteiger partial charge in [-0.2, -0.15) is 0 Å². The number of pyridine rings is 1. The van der Waals surface area contributed by atoms with Gasteiger partial charge < -0.3 is 10.5 Å². The molecule has 0 spiro atoms. The second kappa shape index (κ2) is 5.09. The van der Waals surface area contributed by atoms with Crippen molar-refractivity contribution >= 4 is 11.3 Å². The molecule has 0 aliphatic rings. The number of aromatic nitrogens is 1. The van der Waals surface area contributed by atoms with E-state index in [9.17, 15) is 0 Å². The number of rotatable bonds is 4. The van der Waals surface area contributed by atoms with Crippen LogP contribution >= 0.6 is 11.3 Å². The van der Waals surface area contributed by atoms with Crippen LogP contribution in [0.5, 0.6) is 5.75 Å². The maximum atomic E-state index is 6.16. The minimum absolute atomic E-state index is 0.0448. The summed E-state index contributed by atoms with van der Waals surface area (Å²) in [6.07, 6.45) is 4.27. The molecule has 0 fully saturated rings. The van der Waals surface area contributed by atoms with Crippen LogP contribution in [-0.4, -0.2) is 12.1 Å². The molecule has 1 unspecified atom stereocenters. The van der Waals surface area contributed by atoms with E-state index in [1.54, 1.807) is 30.8 Å². The maximum Gasteiger partial charge on any atom is 0.141 e. The highest BCUT2D eigenvalue weighted by Crippen LogP contribution is 2.25. The summed E-state index contributed by atoms with van der Waals surface area (Å²) in [4.78, 5) is 5.30. The molecule has 0 aliphatic heterocycles. The molecular weight excluding hydrogens is 220 g/mol. The second-order valence-corrected chi connectivity index (χ2v) is 4.54. The average molecular weight is 234 g/mol. The van der Waals surface area contributed by atoms with Gasteiger partial charge >= 0.3 is 0 Å². The topological polar surface area (TPSA) is 48.1 Å². The van der Waals surface area contributed by atoms with E-state index in [0.717, 1.165) is 17.7 Å². The molecule has 1 atom stereocenters. The highest BCUT2D eigenvalue weighted by atomic mass is 32.1. The third-order valence-electron chi connectivity index (χ3n) is 2.44. The van der Waals surface area contributed by atoms with Gasteiger partial charge in [-0.05, 0) is 17.5 Å². The Balaban J connectivity index is 2.17. The zero-order valence-corrected chi connectivity index (χ0v) is 9.91. The lowest BCUT2D eigenvalue weighted by Crippen LogP contribution is -2.14. The highest BCUT2D eigenvalue weighted by Gasteiger charge is 2.12. The molecule has 0 amide bonds. The van der Waals surface area contributed by atoms with Gasteiger partial charge in [-0.3, -0.25) is 4.98 Å². The van der Waals surface area contributed by atoms with Gasteiger partial charge in [0.1, 0.15) is 5.75 Å². The molecule has 4 heteroatoms. The number of nitrogens with zero attached hydrogens (tertiary/aromatic N) is 1. The standard InChI is InChI=1S/C12H14N2OS/c1-15-12-8-14-5-4-10(12)11(13)7-9-3-2-6-16-9/h2-6,8,11H,7,13H2,1H3. The van der Waals surface area contributed by atoms with Gasteiger partial charge in [0.2, 0.25) is 0 Å². The Morgan fingerprint density at radius 1 is 1.50 bits per heavy atom. The molecule has 3 nitrogen and oxygen atoms in total. The summed E-state index contributed by atoms with van der Waals surface area (Å²) < 4.78 is 5.25. The zero-order valence-electron chi connectivity index (χ0n) is 9.09. The SMILES string of the molecule is COc1cnccc1C(N)Cc1cccs1. The van der Waals surface area contributed by atoms with Crippen molar-refractivity contribution < 1.29 is 4.74 Å². The number of nitrogens with two attached hydrogens (primary N) is 1. The van der Waals surface area contributed by atoms with Crippen molar-refractivity contribution in [3.05, 3.63) is 46.4 Å². The minimum Gasteiger partial charge on any atom is -0.495 e. The van der Waals surface area contributed by atoms with Crippen LogP contribution in [0, 0.1) is 0 Å². The van der Waals surface area contributed by atoms with Crippen molar-refractivity contribution in [2.45, 2.75) is 12.5 Å². The van der Waals surface area contributed by atoms with Crippen molar-refractivity contribution in [1.29, 1.82) is 0 Å². The van der Waals surface area contributed by atoms with Crippen LogP contribution in [0.4, 0.5) is 0 Å². The van der Waals surface area contributed by atoms with Crippen molar-refractivity contribution in [2.24, 2.45) is 5.73 Å². The van der Waals surface area contributed by atoms with E-state index in [4.69, 9.17) is 10.5 Å². The van der Waals surface area contributed by atoms with Crippen molar-refractivity contribution in [1.82, 2.24) is 4.98 Å². The van der Waals surface area contributed by atoms with E-state index in [1.165, 1.54) is 4.88 Å². The Bertz CT molecular complexity index is 442. The summed E-state index contributed by atoms with van der Waals surface area (Å²) >= 11 is 1.72. The smallest absolute Gasteiger partial charge is 0.141 e. The van der Waals surface area contributed by atoms with Crippen LogP contribution < -0.4 is 10.5 Å². The van der Waals surface area contributed by atoms with Gasteiger partial charge in [-0.25, -0.2) is 0 Å². The summed E-state index contributed by atoms with van der Waals surface area (Å²) in [5.74, 6) is 0.756. The lowest BCUT2D eigenvalue weighted by Gasteiger charge is -2.14. The summed E-state index contributed by atoms with van der Waals surface area (Å²) in [5, 5.41) is 2.06. The van der Waals surface area contributed by atoms with E-state index in [1.807, 2.05) is 12.1 Å². The van der Waals surface area contributed by atoms with Crippen LogP contribution in [0.15, 0.2) is 36.0 Å². The van der Waals surface area contributed by atoms with E-state index in [-0.39, 0.29) is 6.04 Å². The third kappa shape index (κ3) is 2.40. The molecule has 0 bridgehead atoms. The highest BCUT2D eigenvalue weighted by molar-refractivity contribution is 7.09. The molecule has 2 heterocycles. The first-order valence-corrected chi connectivity index (χ1v) is 5.95. The molecular formula is C12H14N2OS. The zero-order chi connectivity index (χ0) is 11.4. The number of hydrogen-bond acceptors (Lipinski definition) is 4. The largest absolute Gasteiger partial charge is 0.495 e. The van der Waals surface area contributed by atoms with Gasteiger partial charge in [0, 0.05) is 29.1 Å². The maximum absolute atomic E-state index is 6.16. The predicted octanol–water partition coefficient (Wildman–Crippen LogP) is 2.39. The summed E-state index contributed by atoms with van der Waals surface area (Å²) in [5.41, 5.74) is 7.17. The molecule has 2 aromatic heterocycles. The Labute approximate surface area is 98.9 Å². The van der Waals surface area contributed by atoms with Gasteiger partial charge in [-0.1, -0.05) is 6.07 Å². The number of methoxy groups -OCH3 is 1. The quantitative estimate of drug-likeness (QED) is 0.883. The van der Waals surface area contributed by atoms with Crippen LogP contribution in [0.1, 0.15) is 16.5 Å². The van der Waals surface area contributed by atoms with E-state index in [2.05, 4.69) is 16.4 Å². The summed E-state index contributed by atoms with van der Waals surface area (Å²) in [6.45, 7) is 0. The minimum atomic E-state index is -0.0448. The van der Waals surface area contributed by atoms with Gasteiger partial charge in [0.25, 0.3) is 0 Å². The number of hydrogen-bond donors (Lipinski definition) is 1. The lowest BCUT2D eigenvalue weighted by molar-refractivity contribution is 0.403. The summed E-state index contributed by atoms with van der Waals surface area (Å²) in [6, 6.07) is 6.00. The van der Waals surface area contributed by atoms with Crippen LogP contribution in [0.2, 0.25) is 0 Å². The Kier molecular flexibility index (Phi) is 3.54. The number of ether oxygens (including phenoxy) is 1. The van der Waals surface area contributed by atoms with Crippen LogP contribution in [0.25, 0.3) is 0 Å². The molecule has 2 N–H and O–H groups in total. The second-order valence-electron chi connectivity index (χ2n) is 3.51. The van der Waals surface area contributed by atoms with Gasteiger partial charge in [-0.15, -0.1) is 11.3 Å². The van der Waals surface area contributed by atoms with Gasteiger partial charge in [0.05, 0.1) is 13.3 Å². The lowest BCUT2D eigenvalue weighted by atomic mass is 10.0. The third-order valence-corrected chi connectivity index (χ3v) is 3.34. The molecule has 0 radical (unpaired) electrons. The van der Waals surface area contributed by atoms with Gasteiger partial charge in [0.15, 0.2) is 0 Å². The first-order valence-electron chi connectivity index (χ1n) is 5.07. The van der Waals surface area contributed by atoms with Crippen LogP contribution in [-0.2, 0) is 6.42 Å². The molecule has 84 valence electrons. The van der Waals surface area contributed by atoms with E-state index < -0.39 is 0 Å². The Morgan fingerprint density at radius 3 is 3.06 bits per heavy atom. The van der Waals surface area contributed by atoms with E-state index >= 15 is 0 Å². The molecule has 2 rings (SSSR count). The molecule has 0 aromatic carbocycles.